The van der Waals surface area contributed by atoms with E-state index in [9.17, 15) is 9.59 Å². The molecule has 2 N–H and O–H groups in total. The van der Waals surface area contributed by atoms with Crippen LogP contribution in [0.25, 0.3) is 0 Å². The molecule has 3 aromatic rings. The van der Waals surface area contributed by atoms with Crippen molar-refractivity contribution in [2.24, 2.45) is 0 Å². The van der Waals surface area contributed by atoms with E-state index in [1.54, 1.807) is 36.4 Å². The van der Waals surface area contributed by atoms with Gasteiger partial charge in [0.25, 0.3) is 11.8 Å². The molecule has 2 amide bonds. The smallest absolute Gasteiger partial charge is 0.291 e. The summed E-state index contributed by atoms with van der Waals surface area (Å²) in [5, 5.41) is 5.50. The fourth-order valence-electron chi connectivity index (χ4n) is 2.66. The van der Waals surface area contributed by atoms with Gasteiger partial charge in [-0.1, -0.05) is 18.2 Å². The minimum Gasteiger partial charge on any atom is -0.494 e. The molecule has 0 saturated heterocycles. The van der Waals surface area contributed by atoms with Crippen molar-refractivity contribution < 1.29 is 23.5 Å². The van der Waals surface area contributed by atoms with Crippen LogP contribution in [0.15, 0.2) is 71.3 Å². The van der Waals surface area contributed by atoms with E-state index < -0.39 is 0 Å². The fourth-order valence-corrected chi connectivity index (χ4v) is 2.66. The Labute approximate surface area is 175 Å². The van der Waals surface area contributed by atoms with Gasteiger partial charge < -0.3 is 24.5 Å². The lowest BCUT2D eigenvalue weighted by Gasteiger charge is -2.10. The first-order valence-electron chi connectivity index (χ1n) is 9.64. The topological polar surface area (TPSA) is 89.8 Å². The van der Waals surface area contributed by atoms with Crippen LogP contribution in [-0.2, 0) is 4.79 Å². The molecule has 0 aliphatic rings. The van der Waals surface area contributed by atoms with E-state index in [-0.39, 0.29) is 24.2 Å². The van der Waals surface area contributed by atoms with Crippen molar-refractivity contribution in [2.45, 2.75) is 13.3 Å². The van der Waals surface area contributed by atoms with E-state index in [0.717, 1.165) is 11.3 Å². The number of aryl methyl sites for hydroxylation is 1. The molecule has 0 atom stereocenters. The predicted octanol–water partition coefficient (Wildman–Crippen LogP) is 3.80. The SMILES string of the molecule is Cc1cccc(OCCCNC(=O)COc2cccc(NC(=O)c3ccco3)c2)c1. The zero-order valence-electron chi connectivity index (χ0n) is 16.7. The molecule has 7 heteroatoms. The van der Waals surface area contributed by atoms with Crippen LogP contribution in [0, 0.1) is 6.92 Å². The number of hydrogen-bond acceptors (Lipinski definition) is 5. The average Bonchev–Trinajstić information content (AvgIpc) is 3.27. The number of benzene rings is 2. The molecule has 0 saturated carbocycles. The lowest BCUT2D eigenvalue weighted by Crippen LogP contribution is -2.30. The summed E-state index contributed by atoms with van der Waals surface area (Å²) in [5.41, 5.74) is 1.69. The third-order valence-electron chi connectivity index (χ3n) is 4.11. The maximum Gasteiger partial charge on any atom is 0.291 e. The highest BCUT2D eigenvalue weighted by molar-refractivity contribution is 6.02. The molecule has 2 aromatic carbocycles. The average molecular weight is 408 g/mol. The van der Waals surface area contributed by atoms with E-state index in [1.807, 2.05) is 31.2 Å². The van der Waals surface area contributed by atoms with Gasteiger partial charge in [-0.05, 0) is 55.3 Å². The van der Waals surface area contributed by atoms with Crippen molar-refractivity contribution in [3.05, 3.63) is 78.3 Å². The number of carbonyl (C=O) groups excluding carboxylic acids is 2. The minimum atomic E-state index is -0.359. The monoisotopic (exact) mass is 408 g/mol. The molecule has 0 fully saturated rings. The van der Waals surface area contributed by atoms with Crippen LogP contribution in [0.4, 0.5) is 5.69 Å². The molecule has 0 unspecified atom stereocenters. The van der Waals surface area contributed by atoms with Gasteiger partial charge in [0.05, 0.1) is 12.9 Å². The Kier molecular flexibility index (Phi) is 7.49. The second kappa shape index (κ2) is 10.7. The Morgan fingerprint density at radius 3 is 2.53 bits per heavy atom. The highest BCUT2D eigenvalue weighted by Gasteiger charge is 2.09. The second-order valence-corrected chi connectivity index (χ2v) is 6.62. The molecule has 7 nitrogen and oxygen atoms in total. The molecule has 0 bridgehead atoms. The Bertz CT molecular complexity index is 969. The normalized spacial score (nSPS) is 10.3. The van der Waals surface area contributed by atoms with Crippen molar-refractivity contribution in [2.75, 3.05) is 25.1 Å². The molecule has 0 aliphatic heterocycles. The Balaban J connectivity index is 1.34. The molecule has 1 heterocycles. The molecule has 1 aromatic heterocycles. The van der Waals surface area contributed by atoms with Gasteiger partial charge in [-0.15, -0.1) is 0 Å². The summed E-state index contributed by atoms with van der Waals surface area (Å²) in [6.07, 6.45) is 2.12. The van der Waals surface area contributed by atoms with Crippen LogP contribution in [0.2, 0.25) is 0 Å². The van der Waals surface area contributed by atoms with Gasteiger partial charge in [-0.2, -0.15) is 0 Å². The third-order valence-corrected chi connectivity index (χ3v) is 4.11. The second-order valence-electron chi connectivity index (χ2n) is 6.62. The van der Waals surface area contributed by atoms with E-state index >= 15 is 0 Å². The summed E-state index contributed by atoms with van der Waals surface area (Å²) in [5.74, 6) is 0.930. The number of furan rings is 1. The lowest BCUT2D eigenvalue weighted by molar-refractivity contribution is -0.123. The standard InChI is InChI=1S/C23H24N2O5/c1-17-6-2-8-19(14-17)28-13-5-11-24-22(26)16-30-20-9-3-7-18(15-20)25-23(27)21-10-4-12-29-21/h2-4,6-10,12,14-15H,5,11,13,16H2,1H3,(H,24,26)(H,25,27). The van der Waals surface area contributed by atoms with Crippen molar-refractivity contribution in [1.29, 1.82) is 0 Å². The highest BCUT2D eigenvalue weighted by atomic mass is 16.5. The number of carbonyl (C=O) groups is 2. The number of anilines is 1. The molecular weight excluding hydrogens is 384 g/mol. The van der Waals surface area contributed by atoms with Crippen LogP contribution in [-0.4, -0.2) is 31.6 Å². The third kappa shape index (κ3) is 6.70. The van der Waals surface area contributed by atoms with Crippen LogP contribution in [0.5, 0.6) is 11.5 Å². The quantitative estimate of drug-likeness (QED) is 0.498. The van der Waals surface area contributed by atoms with Crippen LogP contribution < -0.4 is 20.1 Å². The van der Waals surface area contributed by atoms with Gasteiger partial charge in [-0.25, -0.2) is 0 Å². The largest absolute Gasteiger partial charge is 0.494 e. The van der Waals surface area contributed by atoms with Crippen molar-refractivity contribution in [3.8, 4) is 11.5 Å². The number of rotatable bonds is 10. The van der Waals surface area contributed by atoms with Crippen molar-refractivity contribution in [1.82, 2.24) is 5.32 Å². The molecule has 3 rings (SSSR count). The highest BCUT2D eigenvalue weighted by Crippen LogP contribution is 2.18. The van der Waals surface area contributed by atoms with Gasteiger partial charge in [0, 0.05) is 18.3 Å². The van der Waals surface area contributed by atoms with E-state index in [1.165, 1.54) is 6.26 Å². The Morgan fingerprint density at radius 2 is 1.77 bits per heavy atom. The van der Waals surface area contributed by atoms with Gasteiger partial charge in [0.1, 0.15) is 11.5 Å². The summed E-state index contributed by atoms with van der Waals surface area (Å²) in [6.45, 7) is 2.90. The van der Waals surface area contributed by atoms with Crippen molar-refractivity contribution in [3.63, 3.8) is 0 Å². The summed E-state index contributed by atoms with van der Waals surface area (Å²) in [6, 6.07) is 17.9. The summed E-state index contributed by atoms with van der Waals surface area (Å²) in [4.78, 5) is 24.0. The summed E-state index contributed by atoms with van der Waals surface area (Å²) in [7, 11) is 0. The first kappa shape index (κ1) is 21.0. The van der Waals surface area contributed by atoms with Crippen LogP contribution in [0.1, 0.15) is 22.5 Å². The van der Waals surface area contributed by atoms with Gasteiger partial charge >= 0.3 is 0 Å². The molecular formula is C23H24N2O5. The van der Waals surface area contributed by atoms with E-state index in [0.29, 0.717) is 31.0 Å². The fraction of sp³-hybridized carbons (Fsp3) is 0.217. The van der Waals surface area contributed by atoms with Crippen molar-refractivity contribution >= 4 is 17.5 Å². The lowest BCUT2D eigenvalue weighted by atomic mass is 10.2. The minimum absolute atomic E-state index is 0.117. The van der Waals surface area contributed by atoms with Gasteiger partial charge in [0.15, 0.2) is 12.4 Å². The Morgan fingerprint density at radius 1 is 0.967 bits per heavy atom. The molecule has 156 valence electrons. The number of amides is 2. The number of hydrogen-bond donors (Lipinski definition) is 2. The number of nitrogens with one attached hydrogen (secondary N) is 2. The predicted molar refractivity (Wildman–Crippen MR) is 113 cm³/mol. The number of ether oxygens (including phenoxy) is 2. The molecule has 0 radical (unpaired) electrons. The molecule has 30 heavy (non-hydrogen) atoms. The van der Waals surface area contributed by atoms with Gasteiger partial charge in [0.2, 0.25) is 0 Å². The summed E-state index contributed by atoms with van der Waals surface area (Å²) >= 11 is 0. The van der Waals surface area contributed by atoms with E-state index in [2.05, 4.69) is 10.6 Å². The maximum absolute atomic E-state index is 12.0. The zero-order valence-corrected chi connectivity index (χ0v) is 16.7. The Hall–Kier alpha value is -3.74. The first-order chi connectivity index (χ1) is 14.6. The zero-order chi connectivity index (χ0) is 21.2. The summed E-state index contributed by atoms with van der Waals surface area (Å²) < 4.78 is 16.2. The maximum atomic E-state index is 12.0. The first-order valence-corrected chi connectivity index (χ1v) is 9.64. The van der Waals surface area contributed by atoms with Crippen LogP contribution in [0.3, 0.4) is 0 Å². The van der Waals surface area contributed by atoms with Gasteiger partial charge in [-0.3, -0.25) is 9.59 Å². The van der Waals surface area contributed by atoms with E-state index in [4.69, 9.17) is 13.9 Å². The van der Waals surface area contributed by atoms with Crippen LogP contribution >= 0.6 is 0 Å². The molecule has 0 spiro atoms. The molecule has 0 aliphatic carbocycles.